The molecule has 2 rings (SSSR count). The van der Waals surface area contributed by atoms with Crippen LogP contribution in [0, 0.1) is 5.82 Å². The first kappa shape index (κ1) is 15.6. The van der Waals surface area contributed by atoms with E-state index in [2.05, 4.69) is 4.72 Å². The molecule has 1 N–H and O–H groups in total. The highest BCUT2D eigenvalue weighted by Crippen LogP contribution is 2.26. The Labute approximate surface area is 127 Å². The third-order valence-corrected chi connectivity index (χ3v) is 4.49. The lowest BCUT2D eigenvalue weighted by Gasteiger charge is -2.11. The Balaban J connectivity index is 2.29. The molecule has 2 aromatic carbocycles. The van der Waals surface area contributed by atoms with Crippen molar-refractivity contribution in [2.24, 2.45) is 0 Å². The number of ether oxygens (including phenoxy) is 1. The van der Waals surface area contributed by atoms with E-state index in [4.69, 9.17) is 16.3 Å². The maximum Gasteiger partial charge on any atom is 0.263 e. The molecule has 0 aliphatic carbocycles. The van der Waals surface area contributed by atoms with E-state index in [0.717, 1.165) is 6.07 Å². The van der Waals surface area contributed by atoms with E-state index < -0.39 is 15.8 Å². The minimum atomic E-state index is -3.88. The molecule has 0 saturated carbocycles. The minimum absolute atomic E-state index is 0.0678. The summed E-state index contributed by atoms with van der Waals surface area (Å²) in [6, 6.07) is 9.85. The normalized spacial score (nSPS) is 11.2. The van der Waals surface area contributed by atoms with Crippen molar-refractivity contribution in [3.63, 3.8) is 0 Å². The predicted octanol–water partition coefficient (Wildman–Crippen LogP) is 3.68. The van der Waals surface area contributed by atoms with E-state index in [9.17, 15) is 12.8 Å². The Hall–Kier alpha value is -1.79. The molecule has 0 bridgehead atoms. The standard InChI is InChI=1S/C14H13ClFNO3S/c1-2-20-13-8-7-10(9-12(13)16)17-21(18,19)14-6-4-3-5-11(14)15/h3-9,17H,2H2,1H3. The van der Waals surface area contributed by atoms with Crippen LogP contribution < -0.4 is 9.46 Å². The molecule has 0 radical (unpaired) electrons. The highest BCUT2D eigenvalue weighted by Gasteiger charge is 2.18. The Kier molecular flexibility index (Phi) is 4.69. The number of rotatable bonds is 5. The van der Waals surface area contributed by atoms with E-state index >= 15 is 0 Å². The maximum atomic E-state index is 13.7. The van der Waals surface area contributed by atoms with Gasteiger partial charge >= 0.3 is 0 Å². The quantitative estimate of drug-likeness (QED) is 0.910. The zero-order chi connectivity index (χ0) is 15.5. The van der Waals surface area contributed by atoms with Crippen molar-refractivity contribution in [2.45, 2.75) is 11.8 Å². The molecule has 7 heteroatoms. The van der Waals surface area contributed by atoms with Gasteiger partial charge in [0, 0.05) is 6.07 Å². The van der Waals surface area contributed by atoms with Gasteiger partial charge in [-0.05, 0) is 31.2 Å². The summed E-state index contributed by atoms with van der Waals surface area (Å²) < 4.78 is 45.4. The predicted molar refractivity (Wildman–Crippen MR) is 79.8 cm³/mol. The molecule has 0 spiro atoms. The number of hydrogen-bond acceptors (Lipinski definition) is 3. The summed E-state index contributed by atoms with van der Waals surface area (Å²) in [5.41, 5.74) is 0.0934. The van der Waals surface area contributed by atoms with Crippen molar-refractivity contribution in [3.05, 3.63) is 53.3 Å². The van der Waals surface area contributed by atoms with Crippen LogP contribution in [0.15, 0.2) is 47.4 Å². The zero-order valence-electron chi connectivity index (χ0n) is 11.1. The first-order valence-electron chi connectivity index (χ1n) is 6.13. The molecule has 2 aromatic rings. The molecule has 0 aromatic heterocycles. The summed E-state index contributed by atoms with van der Waals surface area (Å²) in [4.78, 5) is -0.0686. The Morgan fingerprint density at radius 2 is 1.95 bits per heavy atom. The molecular weight excluding hydrogens is 317 g/mol. The van der Waals surface area contributed by atoms with E-state index in [1.165, 1.54) is 24.3 Å². The lowest BCUT2D eigenvalue weighted by Crippen LogP contribution is -2.13. The molecule has 0 amide bonds. The van der Waals surface area contributed by atoms with Gasteiger partial charge in [-0.3, -0.25) is 4.72 Å². The molecule has 0 fully saturated rings. The van der Waals surface area contributed by atoms with Crippen LogP contribution in [0.1, 0.15) is 6.92 Å². The van der Waals surface area contributed by atoms with Gasteiger partial charge in [0.05, 0.1) is 17.3 Å². The smallest absolute Gasteiger partial charge is 0.263 e. The van der Waals surface area contributed by atoms with E-state index in [1.54, 1.807) is 19.1 Å². The number of sulfonamides is 1. The number of hydrogen-bond donors (Lipinski definition) is 1. The van der Waals surface area contributed by atoms with Crippen molar-refractivity contribution in [1.29, 1.82) is 0 Å². The average molecular weight is 330 g/mol. The topological polar surface area (TPSA) is 55.4 Å². The van der Waals surface area contributed by atoms with Gasteiger partial charge in [0.25, 0.3) is 10.0 Å². The number of halogens is 2. The molecule has 4 nitrogen and oxygen atoms in total. The molecule has 0 heterocycles. The van der Waals surface area contributed by atoms with Crippen molar-refractivity contribution in [2.75, 3.05) is 11.3 Å². The van der Waals surface area contributed by atoms with Gasteiger partial charge in [-0.1, -0.05) is 23.7 Å². The largest absolute Gasteiger partial charge is 0.491 e. The molecule has 0 aliphatic rings. The first-order chi connectivity index (χ1) is 9.94. The van der Waals surface area contributed by atoms with Gasteiger partial charge in [0.1, 0.15) is 4.90 Å². The molecule has 0 aliphatic heterocycles. The van der Waals surface area contributed by atoms with E-state index in [0.29, 0.717) is 6.61 Å². The SMILES string of the molecule is CCOc1ccc(NS(=O)(=O)c2ccccc2Cl)cc1F. The van der Waals surface area contributed by atoms with Gasteiger partial charge in [-0.15, -0.1) is 0 Å². The van der Waals surface area contributed by atoms with Gasteiger partial charge < -0.3 is 4.74 Å². The van der Waals surface area contributed by atoms with Crippen LogP contribution in [-0.2, 0) is 10.0 Å². The van der Waals surface area contributed by atoms with Crippen LogP contribution in [0.3, 0.4) is 0 Å². The maximum absolute atomic E-state index is 13.7. The molecule has 0 saturated heterocycles. The Morgan fingerprint density at radius 3 is 2.57 bits per heavy atom. The highest BCUT2D eigenvalue weighted by molar-refractivity contribution is 7.92. The summed E-state index contributed by atoms with van der Waals surface area (Å²) in [5.74, 6) is -0.575. The number of nitrogens with one attached hydrogen (secondary N) is 1. The van der Waals surface area contributed by atoms with Crippen LogP contribution in [-0.4, -0.2) is 15.0 Å². The van der Waals surface area contributed by atoms with Gasteiger partial charge in [0.15, 0.2) is 11.6 Å². The second-order valence-electron chi connectivity index (χ2n) is 4.11. The van der Waals surface area contributed by atoms with Gasteiger partial charge in [0.2, 0.25) is 0 Å². The van der Waals surface area contributed by atoms with Crippen LogP contribution in [0.25, 0.3) is 0 Å². The summed E-state index contributed by atoms with van der Waals surface area (Å²) in [6.07, 6.45) is 0. The van der Waals surface area contributed by atoms with Gasteiger partial charge in [-0.2, -0.15) is 0 Å². The first-order valence-corrected chi connectivity index (χ1v) is 8.00. The summed E-state index contributed by atoms with van der Waals surface area (Å²) >= 11 is 5.86. The van der Waals surface area contributed by atoms with E-state index in [1.807, 2.05) is 0 Å². The number of anilines is 1. The van der Waals surface area contributed by atoms with Crippen molar-refractivity contribution < 1.29 is 17.5 Å². The lowest BCUT2D eigenvalue weighted by molar-refractivity contribution is 0.321. The molecule has 0 unspecified atom stereocenters. The molecule has 112 valence electrons. The number of benzene rings is 2. The second-order valence-corrected chi connectivity index (χ2v) is 6.17. The van der Waals surface area contributed by atoms with Gasteiger partial charge in [-0.25, -0.2) is 12.8 Å². The summed E-state index contributed by atoms with van der Waals surface area (Å²) in [7, 11) is -3.88. The zero-order valence-corrected chi connectivity index (χ0v) is 12.7. The summed E-state index contributed by atoms with van der Waals surface area (Å²) in [5, 5.41) is 0.0939. The third-order valence-electron chi connectivity index (χ3n) is 2.61. The summed E-state index contributed by atoms with van der Waals surface area (Å²) in [6.45, 7) is 2.05. The highest BCUT2D eigenvalue weighted by atomic mass is 35.5. The fourth-order valence-corrected chi connectivity index (χ4v) is 3.28. The fraction of sp³-hybridized carbons (Fsp3) is 0.143. The third kappa shape index (κ3) is 3.65. The minimum Gasteiger partial charge on any atom is -0.491 e. The molecule has 0 atom stereocenters. The fourth-order valence-electron chi connectivity index (χ4n) is 1.71. The Bertz CT molecular complexity index is 750. The lowest BCUT2D eigenvalue weighted by atomic mass is 10.3. The van der Waals surface area contributed by atoms with E-state index in [-0.39, 0.29) is 21.4 Å². The average Bonchev–Trinajstić information content (AvgIpc) is 2.42. The van der Waals surface area contributed by atoms with Crippen LogP contribution in [0.4, 0.5) is 10.1 Å². The van der Waals surface area contributed by atoms with Crippen molar-refractivity contribution >= 4 is 27.3 Å². The molecular formula is C14H13ClFNO3S. The monoisotopic (exact) mass is 329 g/mol. The van der Waals surface area contributed by atoms with Crippen LogP contribution in [0.5, 0.6) is 5.75 Å². The van der Waals surface area contributed by atoms with Crippen LogP contribution >= 0.6 is 11.6 Å². The van der Waals surface area contributed by atoms with Crippen molar-refractivity contribution in [1.82, 2.24) is 0 Å². The van der Waals surface area contributed by atoms with Crippen molar-refractivity contribution in [3.8, 4) is 5.75 Å². The molecule has 21 heavy (non-hydrogen) atoms. The second kappa shape index (κ2) is 6.32. The Morgan fingerprint density at radius 1 is 1.24 bits per heavy atom. The van der Waals surface area contributed by atoms with Crippen LogP contribution in [0.2, 0.25) is 5.02 Å².